The normalized spacial score (nSPS) is 30.2. The van der Waals surface area contributed by atoms with E-state index in [1.54, 1.807) is 4.31 Å². The fraction of sp³-hybridized carbons (Fsp3) is 0.923. The molecule has 2 aliphatic rings. The lowest BCUT2D eigenvalue weighted by Gasteiger charge is -2.37. The quantitative estimate of drug-likeness (QED) is 0.816. The molecule has 2 unspecified atom stereocenters. The Kier molecular flexibility index (Phi) is 5.04. The van der Waals surface area contributed by atoms with Gasteiger partial charge in [0.25, 0.3) is 0 Å². The molecular formula is C13H24N2O4S. The van der Waals surface area contributed by atoms with E-state index in [1.807, 2.05) is 0 Å². The Balaban J connectivity index is 1.88. The molecule has 2 atom stereocenters. The maximum Gasteiger partial charge on any atom is 0.307 e. The Morgan fingerprint density at radius 3 is 2.55 bits per heavy atom. The molecule has 116 valence electrons. The maximum absolute atomic E-state index is 11.6. The monoisotopic (exact) mass is 304 g/mol. The van der Waals surface area contributed by atoms with Crippen LogP contribution in [-0.2, 0) is 14.8 Å². The van der Waals surface area contributed by atoms with Gasteiger partial charge in [0.1, 0.15) is 0 Å². The van der Waals surface area contributed by atoms with E-state index in [4.69, 9.17) is 5.11 Å². The largest absolute Gasteiger partial charge is 0.481 e. The first-order valence-electron chi connectivity index (χ1n) is 7.26. The van der Waals surface area contributed by atoms with Crippen molar-refractivity contribution in [2.75, 3.05) is 39.0 Å². The fourth-order valence-corrected chi connectivity index (χ4v) is 4.21. The second kappa shape index (κ2) is 6.41. The number of sulfonamides is 1. The van der Waals surface area contributed by atoms with Crippen LogP contribution in [0.2, 0.25) is 0 Å². The minimum absolute atomic E-state index is 0.265. The Morgan fingerprint density at radius 1 is 1.20 bits per heavy atom. The van der Waals surface area contributed by atoms with Crippen LogP contribution < -0.4 is 0 Å². The number of carboxylic acids is 1. The zero-order chi connectivity index (χ0) is 14.8. The third kappa shape index (κ3) is 4.17. The molecule has 7 heteroatoms. The topological polar surface area (TPSA) is 77.9 Å². The Hall–Kier alpha value is -0.660. The molecule has 0 bridgehead atoms. The number of hydrogen-bond donors (Lipinski definition) is 1. The third-order valence-corrected chi connectivity index (χ3v) is 5.59. The molecule has 2 saturated heterocycles. The average molecular weight is 304 g/mol. The number of rotatable bonds is 4. The van der Waals surface area contributed by atoms with Gasteiger partial charge in [-0.1, -0.05) is 0 Å². The van der Waals surface area contributed by atoms with Gasteiger partial charge < -0.3 is 10.0 Å². The summed E-state index contributed by atoms with van der Waals surface area (Å²) in [7, 11) is -3.10. The first kappa shape index (κ1) is 15.7. The highest BCUT2D eigenvalue weighted by molar-refractivity contribution is 7.88. The molecule has 0 spiro atoms. The maximum atomic E-state index is 11.6. The Morgan fingerprint density at radius 2 is 1.90 bits per heavy atom. The lowest BCUT2D eigenvalue weighted by atomic mass is 9.94. The number of carboxylic acid groups (broad SMARTS) is 1. The summed E-state index contributed by atoms with van der Waals surface area (Å²) in [6, 6.07) is 0. The molecule has 0 radical (unpaired) electrons. The van der Waals surface area contributed by atoms with Gasteiger partial charge in [0.15, 0.2) is 0 Å². The van der Waals surface area contributed by atoms with Crippen molar-refractivity contribution < 1.29 is 18.3 Å². The van der Waals surface area contributed by atoms with Gasteiger partial charge >= 0.3 is 5.97 Å². The van der Waals surface area contributed by atoms with Crippen LogP contribution in [0.5, 0.6) is 0 Å². The number of nitrogens with zero attached hydrogens (tertiary/aromatic N) is 2. The third-order valence-electron chi connectivity index (χ3n) is 4.32. The van der Waals surface area contributed by atoms with Gasteiger partial charge in [-0.2, -0.15) is 0 Å². The van der Waals surface area contributed by atoms with E-state index in [2.05, 4.69) is 4.90 Å². The molecule has 2 aliphatic heterocycles. The molecule has 20 heavy (non-hydrogen) atoms. The Bertz CT molecular complexity index is 451. The van der Waals surface area contributed by atoms with Gasteiger partial charge in [0.05, 0.1) is 12.2 Å². The first-order chi connectivity index (χ1) is 9.36. The zero-order valence-corrected chi connectivity index (χ0v) is 12.8. The number of hydrogen-bond acceptors (Lipinski definition) is 4. The highest BCUT2D eigenvalue weighted by atomic mass is 32.2. The molecule has 0 aromatic carbocycles. The average Bonchev–Trinajstić information content (AvgIpc) is 2.38. The zero-order valence-electron chi connectivity index (χ0n) is 12.0. The lowest BCUT2D eigenvalue weighted by Crippen LogP contribution is -2.46. The molecule has 0 aromatic rings. The predicted octanol–water partition coefficient (Wildman–Crippen LogP) is 0.455. The Labute approximate surface area is 120 Å². The molecular weight excluding hydrogens is 280 g/mol. The van der Waals surface area contributed by atoms with Crippen molar-refractivity contribution in [2.45, 2.75) is 25.7 Å². The van der Waals surface area contributed by atoms with Crippen molar-refractivity contribution in [2.24, 2.45) is 11.8 Å². The van der Waals surface area contributed by atoms with E-state index in [1.165, 1.54) is 6.26 Å². The first-order valence-corrected chi connectivity index (χ1v) is 9.11. The van der Waals surface area contributed by atoms with Gasteiger partial charge in [0, 0.05) is 26.2 Å². The summed E-state index contributed by atoms with van der Waals surface area (Å²) in [4.78, 5) is 13.3. The van der Waals surface area contributed by atoms with Crippen LogP contribution in [0.4, 0.5) is 0 Å². The fourth-order valence-electron chi connectivity index (χ4n) is 3.27. The second-order valence-electron chi connectivity index (χ2n) is 6.07. The number of piperidine rings is 2. The van der Waals surface area contributed by atoms with E-state index in [0.717, 1.165) is 38.8 Å². The van der Waals surface area contributed by atoms with Gasteiger partial charge in [-0.15, -0.1) is 0 Å². The van der Waals surface area contributed by atoms with Crippen LogP contribution in [0.15, 0.2) is 0 Å². The van der Waals surface area contributed by atoms with Gasteiger partial charge in [-0.3, -0.25) is 4.79 Å². The lowest BCUT2D eigenvalue weighted by molar-refractivity contribution is -0.143. The minimum Gasteiger partial charge on any atom is -0.481 e. The molecule has 0 aliphatic carbocycles. The minimum atomic E-state index is -3.10. The van der Waals surface area contributed by atoms with Crippen LogP contribution in [0.3, 0.4) is 0 Å². The summed E-state index contributed by atoms with van der Waals surface area (Å²) >= 11 is 0. The summed E-state index contributed by atoms with van der Waals surface area (Å²) in [6.45, 7) is 3.54. The predicted molar refractivity (Wildman–Crippen MR) is 75.9 cm³/mol. The SMILES string of the molecule is CS(=O)(=O)N1CCCC(CN2CCCC(C(=O)O)C2)C1. The number of carbonyl (C=O) groups is 1. The van der Waals surface area contributed by atoms with Crippen molar-refractivity contribution >= 4 is 16.0 Å². The van der Waals surface area contributed by atoms with E-state index in [0.29, 0.717) is 25.6 Å². The van der Waals surface area contributed by atoms with Gasteiger partial charge in [-0.25, -0.2) is 12.7 Å². The van der Waals surface area contributed by atoms with E-state index >= 15 is 0 Å². The van der Waals surface area contributed by atoms with E-state index in [-0.39, 0.29) is 5.92 Å². The van der Waals surface area contributed by atoms with Gasteiger partial charge in [0.2, 0.25) is 10.0 Å². The van der Waals surface area contributed by atoms with Gasteiger partial charge in [-0.05, 0) is 38.1 Å². The summed E-state index contributed by atoms with van der Waals surface area (Å²) in [5, 5.41) is 9.10. The molecule has 2 heterocycles. The highest BCUT2D eigenvalue weighted by Crippen LogP contribution is 2.23. The number of likely N-dealkylation sites (tertiary alicyclic amines) is 1. The molecule has 0 amide bonds. The standard InChI is InChI=1S/C13H24N2O4S/c1-20(18,19)15-7-2-4-11(9-15)8-14-6-3-5-12(10-14)13(16)17/h11-12H,2-10H2,1H3,(H,16,17). The van der Waals surface area contributed by atoms with Crippen molar-refractivity contribution in [3.8, 4) is 0 Å². The molecule has 0 aromatic heterocycles. The number of aliphatic carboxylic acids is 1. The second-order valence-corrected chi connectivity index (χ2v) is 8.05. The van der Waals surface area contributed by atoms with Crippen LogP contribution in [0.1, 0.15) is 25.7 Å². The summed E-state index contributed by atoms with van der Waals surface area (Å²) in [6.07, 6.45) is 4.86. The van der Waals surface area contributed by atoms with Crippen LogP contribution in [0, 0.1) is 11.8 Å². The smallest absolute Gasteiger partial charge is 0.307 e. The summed E-state index contributed by atoms with van der Waals surface area (Å²) in [5.74, 6) is -0.652. The molecule has 2 fully saturated rings. The molecule has 1 N–H and O–H groups in total. The van der Waals surface area contributed by atoms with Crippen molar-refractivity contribution in [1.29, 1.82) is 0 Å². The summed E-state index contributed by atoms with van der Waals surface area (Å²) < 4.78 is 24.8. The van der Waals surface area contributed by atoms with Crippen molar-refractivity contribution in [3.05, 3.63) is 0 Å². The molecule has 2 rings (SSSR count). The van der Waals surface area contributed by atoms with Crippen LogP contribution in [0.25, 0.3) is 0 Å². The highest BCUT2D eigenvalue weighted by Gasteiger charge is 2.30. The molecule has 6 nitrogen and oxygen atoms in total. The summed E-state index contributed by atoms with van der Waals surface area (Å²) in [5.41, 5.74) is 0. The van der Waals surface area contributed by atoms with Crippen LogP contribution in [-0.4, -0.2) is 67.7 Å². The van der Waals surface area contributed by atoms with Crippen molar-refractivity contribution in [1.82, 2.24) is 9.21 Å². The van der Waals surface area contributed by atoms with E-state index in [9.17, 15) is 13.2 Å². The van der Waals surface area contributed by atoms with Crippen molar-refractivity contribution in [3.63, 3.8) is 0 Å². The molecule has 0 saturated carbocycles. The van der Waals surface area contributed by atoms with Crippen LogP contribution >= 0.6 is 0 Å². The van der Waals surface area contributed by atoms with E-state index < -0.39 is 16.0 Å².